The van der Waals surface area contributed by atoms with Crippen molar-refractivity contribution >= 4 is 11.6 Å². The summed E-state index contributed by atoms with van der Waals surface area (Å²) in [7, 11) is 3.13. The Bertz CT molecular complexity index is 792. The van der Waals surface area contributed by atoms with Crippen molar-refractivity contribution in [1.29, 1.82) is 0 Å². The molecule has 2 N–H and O–H groups in total. The number of anilines is 1. The summed E-state index contributed by atoms with van der Waals surface area (Å²) >= 11 is 0. The molecule has 8 heteroatoms. The first-order valence-corrected chi connectivity index (χ1v) is 8.32. The number of aliphatic imine (C=N–C) groups is 1. The number of nitrogens with zero attached hydrogens (tertiary/aromatic N) is 1. The second-order valence-corrected chi connectivity index (χ2v) is 5.55. The Morgan fingerprint density at radius 3 is 2.52 bits per heavy atom. The van der Waals surface area contributed by atoms with Crippen LogP contribution >= 0.6 is 0 Å². The molecule has 0 aromatic heterocycles. The Kier molecular flexibility index (Phi) is 6.92. The highest BCUT2D eigenvalue weighted by Crippen LogP contribution is 2.30. The van der Waals surface area contributed by atoms with E-state index in [1.807, 2.05) is 6.92 Å². The van der Waals surface area contributed by atoms with Gasteiger partial charge in [0.05, 0.1) is 19.3 Å². The lowest BCUT2D eigenvalue weighted by Gasteiger charge is -2.15. The minimum absolute atomic E-state index is 0.193. The fraction of sp³-hybridized carbons (Fsp3) is 0.316. The van der Waals surface area contributed by atoms with Crippen molar-refractivity contribution in [3.63, 3.8) is 0 Å². The summed E-state index contributed by atoms with van der Waals surface area (Å²) in [4.78, 5) is 4.09. The Balaban J connectivity index is 2.05. The Labute approximate surface area is 156 Å². The molecule has 5 nitrogen and oxygen atoms in total. The van der Waals surface area contributed by atoms with Crippen molar-refractivity contribution in [2.75, 3.05) is 26.1 Å². The topological polar surface area (TPSA) is 54.9 Å². The van der Waals surface area contributed by atoms with Crippen LogP contribution in [0.3, 0.4) is 0 Å². The van der Waals surface area contributed by atoms with Crippen molar-refractivity contribution in [2.45, 2.75) is 19.6 Å². The molecule has 0 radical (unpaired) electrons. The van der Waals surface area contributed by atoms with E-state index in [9.17, 15) is 13.2 Å². The number of rotatable bonds is 6. The summed E-state index contributed by atoms with van der Waals surface area (Å²) in [6.45, 7) is 2.55. The highest BCUT2D eigenvalue weighted by atomic mass is 19.4. The van der Waals surface area contributed by atoms with Crippen LogP contribution in [0.15, 0.2) is 47.5 Å². The largest absolute Gasteiger partial charge is 0.493 e. The van der Waals surface area contributed by atoms with Crippen LogP contribution in [0.2, 0.25) is 0 Å². The van der Waals surface area contributed by atoms with Crippen LogP contribution in [0.4, 0.5) is 18.9 Å². The van der Waals surface area contributed by atoms with Gasteiger partial charge in [-0.15, -0.1) is 0 Å². The van der Waals surface area contributed by atoms with Gasteiger partial charge in [-0.05, 0) is 36.8 Å². The number of hydrogen-bond acceptors (Lipinski definition) is 3. The number of nitrogens with one attached hydrogen (secondary N) is 2. The van der Waals surface area contributed by atoms with Gasteiger partial charge in [-0.3, -0.25) is 4.99 Å². The molecule has 0 saturated carbocycles. The van der Waals surface area contributed by atoms with Crippen molar-refractivity contribution in [2.24, 2.45) is 4.99 Å². The molecule has 0 atom stereocenters. The van der Waals surface area contributed by atoms with Crippen molar-refractivity contribution in [3.05, 3.63) is 53.6 Å². The van der Waals surface area contributed by atoms with Gasteiger partial charge in [-0.25, -0.2) is 0 Å². The van der Waals surface area contributed by atoms with Gasteiger partial charge in [0.15, 0.2) is 17.5 Å². The van der Waals surface area contributed by atoms with Gasteiger partial charge >= 0.3 is 6.18 Å². The summed E-state index contributed by atoms with van der Waals surface area (Å²) < 4.78 is 49.2. The van der Waals surface area contributed by atoms with E-state index in [2.05, 4.69) is 15.6 Å². The highest BCUT2D eigenvalue weighted by Gasteiger charge is 2.30. The van der Waals surface area contributed by atoms with E-state index in [4.69, 9.17) is 9.47 Å². The average molecular weight is 381 g/mol. The van der Waals surface area contributed by atoms with E-state index in [1.54, 1.807) is 38.4 Å². The second kappa shape index (κ2) is 9.16. The molecule has 146 valence electrons. The fourth-order valence-corrected chi connectivity index (χ4v) is 2.38. The highest BCUT2D eigenvalue weighted by molar-refractivity contribution is 5.93. The second-order valence-electron chi connectivity index (χ2n) is 5.55. The maximum absolute atomic E-state index is 12.8. The lowest BCUT2D eigenvalue weighted by molar-refractivity contribution is -0.137. The maximum Gasteiger partial charge on any atom is 0.416 e. The third-order valence-corrected chi connectivity index (χ3v) is 3.66. The Morgan fingerprint density at radius 1 is 1.11 bits per heavy atom. The minimum Gasteiger partial charge on any atom is -0.493 e. The molecular formula is C19H22F3N3O2. The first-order valence-electron chi connectivity index (χ1n) is 8.32. The first-order chi connectivity index (χ1) is 12.9. The molecule has 0 saturated heterocycles. The molecule has 0 bridgehead atoms. The van der Waals surface area contributed by atoms with Gasteiger partial charge in [0.1, 0.15) is 0 Å². The van der Waals surface area contributed by atoms with Crippen LogP contribution in [-0.2, 0) is 12.7 Å². The van der Waals surface area contributed by atoms with E-state index < -0.39 is 11.7 Å². The minimum atomic E-state index is -4.37. The summed E-state index contributed by atoms with van der Waals surface area (Å²) in [6, 6.07) is 10.5. The smallest absolute Gasteiger partial charge is 0.416 e. The predicted molar refractivity (Wildman–Crippen MR) is 99.4 cm³/mol. The molecule has 0 aliphatic carbocycles. The normalized spacial score (nSPS) is 11.9. The van der Waals surface area contributed by atoms with Crippen LogP contribution in [0.5, 0.6) is 11.5 Å². The van der Waals surface area contributed by atoms with Crippen molar-refractivity contribution in [1.82, 2.24) is 5.32 Å². The number of ether oxygens (including phenoxy) is 2. The number of hydrogen-bond donors (Lipinski definition) is 2. The fourth-order valence-electron chi connectivity index (χ4n) is 2.38. The molecule has 0 unspecified atom stereocenters. The molecule has 0 fully saturated rings. The zero-order valence-corrected chi connectivity index (χ0v) is 15.4. The number of halogens is 3. The lowest BCUT2D eigenvalue weighted by Crippen LogP contribution is -2.30. The first kappa shape index (κ1) is 20.4. The van der Waals surface area contributed by atoms with Gasteiger partial charge in [0.2, 0.25) is 0 Å². The predicted octanol–water partition coefficient (Wildman–Crippen LogP) is 4.30. The number of alkyl halides is 3. The van der Waals surface area contributed by atoms with E-state index in [0.717, 1.165) is 12.1 Å². The van der Waals surface area contributed by atoms with Gasteiger partial charge in [0, 0.05) is 25.3 Å². The molecule has 0 heterocycles. The number of benzene rings is 2. The SMILES string of the molecule is CCOc1cc(NC(=NC)NCc2cccc(C(F)(F)F)c2)ccc1OC. The van der Waals surface area contributed by atoms with Crippen LogP contribution in [-0.4, -0.2) is 26.7 Å². The Hall–Kier alpha value is -2.90. The van der Waals surface area contributed by atoms with Crippen LogP contribution in [0.25, 0.3) is 0 Å². The molecule has 0 spiro atoms. The molecule has 2 aromatic carbocycles. The van der Waals surface area contributed by atoms with Crippen molar-refractivity contribution in [3.8, 4) is 11.5 Å². The monoisotopic (exact) mass is 381 g/mol. The zero-order chi connectivity index (χ0) is 19.9. The van der Waals surface area contributed by atoms with E-state index in [-0.39, 0.29) is 6.54 Å². The molecule has 27 heavy (non-hydrogen) atoms. The van der Waals surface area contributed by atoms with Gasteiger partial charge in [0.25, 0.3) is 0 Å². The number of guanidine groups is 1. The van der Waals surface area contributed by atoms with Crippen molar-refractivity contribution < 1.29 is 22.6 Å². The third-order valence-electron chi connectivity index (χ3n) is 3.66. The maximum atomic E-state index is 12.8. The standard InChI is InChI=1S/C19H22F3N3O2/c1-4-27-17-11-15(8-9-16(17)26-3)25-18(23-2)24-12-13-6-5-7-14(10-13)19(20,21)22/h5-11H,4,12H2,1-3H3,(H2,23,24,25). The summed E-state index contributed by atoms with van der Waals surface area (Å²) in [5, 5.41) is 6.07. The number of methoxy groups -OCH3 is 1. The van der Waals surface area contributed by atoms with Crippen LogP contribution in [0, 0.1) is 0 Å². The molecule has 2 aromatic rings. The van der Waals surface area contributed by atoms with Crippen LogP contribution in [0.1, 0.15) is 18.1 Å². The van der Waals surface area contributed by atoms with E-state index >= 15 is 0 Å². The molecule has 0 aliphatic rings. The molecule has 2 rings (SSSR count). The van der Waals surface area contributed by atoms with E-state index in [0.29, 0.717) is 35.3 Å². The summed E-state index contributed by atoms with van der Waals surface area (Å²) in [5.74, 6) is 1.60. The van der Waals surface area contributed by atoms with Gasteiger partial charge < -0.3 is 20.1 Å². The van der Waals surface area contributed by atoms with Gasteiger partial charge in [-0.2, -0.15) is 13.2 Å². The average Bonchev–Trinajstić information content (AvgIpc) is 2.65. The van der Waals surface area contributed by atoms with Crippen LogP contribution < -0.4 is 20.1 Å². The zero-order valence-electron chi connectivity index (χ0n) is 15.4. The quantitative estimate of drug-likeness (QED) is 0.579. The molecule has 0 amide bonds. The lowest BCUT2D eigenvalue weighted by atomic mass is 10.1. The van der Waals surface area contributed by atoms with Gasteiger partial charge in [-0.1, -0.05) is 12.1 Å². The van der Waals surface area contributed by atoms with E-state index in [1.165, 1.54) is 6.07 Å². The summed E-state index contributed by atoms with van der Waals surface area (Å²) in [5.41, 5.74) is 0.523. The molecule has 0 aliphatic heterocycles. The molecular weight excluding hydrogens is 359 g/mol. The third kappa shape index (κ3) is 5.80. The summed E-state index contributed by atoms with van der Waals surface area (Å²) in [6.07, 6.45) is -4.37. The Morgan fingerprint density at radius 2 is 1.89 bits per heavy atom.